The van der Waals surface area contributed by atoms with Crippen LogP contribution < -0.4 is 11.1 Å². The second kappa shape index (κ2) is 7.85. The summed E-state index contributed by atoms with van der Waals surface area (Å²) in [6.45, 7) is 1.86. The Kier molecular flexibility index (Phi) is 5.54. The van der Waals surface area contributed by atoms with Crippen LogP contribution in [0.2, 0.25) is 0 Å². The van der Waals surface area contributed by atoms with Gasteiger partial charge >= 0.3 is 0 Å². The van der Waals surface area contributed by atoms with Gasteiger partial charge in [-0.05, 0) is 46.1 Å². The monoisotopic (exact) mass is 428 g/mol. The second-order valence-corrected chi connectivity index (χ2v) is 7.77. The van der Waals surface area contributed by atoms with E-state index < -0.39 is 5.91 Å². The molecule has 6 heteroatoms. The van der Waals surface area contributed by atoms with Crippen LogP contribution in [0.15, 0.2) is 59.1 Å². The Labute approximate surface area is 164 Å². The van der Waals surface area contributed by atoms with Crippen molar-refractivity contribution in [2.45, 2.75) is 13.3 Å². The topological polar surface area (TPSA) is 72.2 Å². The van der Waals surface area contributed by atoms with Crippen LogP contribution in [0.5, 0.6) is 0 Å². The first-order valence-electron chi connectivity index (χ1n) is 7.99. The first-order valence-corrected chi connectivity index (χ1v) is 9.60. The van der Waals surface area contributed by atoms with Crippen molar-refractivity contribution in [2.24, 2.45) is 5.73 Å². The lowest BCUT2D eigenvalue weighted by atomic mass is 10.1. The third-order valence-corrected chi connectivity index (χ3v) is 5.94. The molecule has 0 radical (unpaired) electrons. The van der Waals surface area contributed by atoms with Crippen LogP contribution in [0.4, 0.5) is 5.00 Å². The number of rotatable bonds is 5. The molecule has 3 aromatic rings. The Hall–Kier alpha value is -2.44. The molecule has 3 N–H and O–H groups in total. The third kappa shape index (κ3) is 3.86. The quantitative estimate of drug-likeness (QED) is 0.614. The van der Waals surface area contributed by atoms with Gasteiger partial charge in [0.1, 0.15) is 5.00 Å². The maximum atomic E-state index is 12.6. The fraction of sp³-hybridized carbons (Fsp3) is 0.100. The molecule has 0 spiro atoms. The van der Waals surface area contributed by atoms with Crippen molar-refractivity contribution in [3.05, 3.63) is 86.2 Å². The molecule has 4 nitrogen and oxygen atoms in total. The van der Waals surface area contributed by atoms with Crippen molar-refractivity contribution in [2.75, 3.05) is 5.32 Å². The van der Waals surface area contributed by atoms with E-state index in [9.17, 15) is 9.59 Å². The molecule has 0 unspecified atom stereocenters. The highest BCUT2D eigenvalue weighted by atomic mass is 79.9. The Bertz CT molecular complexity index is 967. The number of halogens is 1. The summed E-state index contributed by atoms with van der Waals surface area (Å²) in [5, 5.41) is 3.33. The van der Waals surface area contributed by atoms with Crippen molar-refractivity contribution in [1.29, 1.82) is 0 Å². The van der Waals surface area contributed by atoms with E-state index in [1.165, 1.54) is 11.3 Å². The lowest BCUT2D eigenvalue weighted by molar-refractivity contribution is 0.100. The van der Waals surface area contributed by atoms with Crippen LogP contribution in [-0.4, -0.2) is 11.8 Å². The highest BCUT2D eigenvalue weighted by Gasteiger charge is 2.22. The summed E-state index contributed by atoms with van der Waals surface area (Å²) in [7, 11) is 0. The largest absolute Gasteiger partial charge is 0.365 e. The Morgan fingerprint density at radius 2 is 1.73 bits per heavy atom. The summed E-state index contributed by atoms with van der Waals surface area (Å²) in [6.07, 6.45) is 0.683. The zero-order valence-electron chi connectivity index (χ0n) is 14.1. The minimum absolute atomic E-state index is 0.285. The molecule has 0 atom stereocenters. The number of thiophene rings is 1. The van der Waals surface area contributed by atoms with Gasteiger partial charge in [0.2, 0.25) is 0 Å². The van der Waals surface area contributed by atoms with Crippen molar-refractivity contribution < 1.29 is 9.59 Å². The molecule has 1 heterocycles. The first-order chi connectivity index (χ1) is 12.5. The predicted octanol–water partition coefficient (Wildman–Crippen LogP) is 4.76. The standard InChI is InChI=1S/C20H17BrN2O2S/c1-12-16(11-13-7-3-2-4-8-13)26-20(17(12)18(22)24)23-19(25)14-9-5-6-10-15(14)21/h2-10H,11H2,1H3,(H2,22,24)(H,23,25). The fourth-order valence-corrected chi connectivity index (χ4v) is 4.42. The van der Waals surface area contributed by atoms with Gasteiger partial charge in [-0.25, -0.2) is 0 Å². The number of benzene rings is 2. The number of carbonyl (C=O) groups is 2. The van der Waals surface area contributed by atoms with E-state index in [4.69, 9.17) is 5.73 Å². The van der Waals surface area contributed by atoms with Gasteiger partial charge in [0.05, 0.1) is 11.1 Å². The van der Waals surface area contributed by atoms with Gasteiger partial charge in [-0.1, -0.05) is 42.5 Å². The number of nitrogens with one attached hydrogen (secondary N) is 1. The molecule has 0 aliphatic heterocycles. The molecule has 0 bridgehead atoms. The third-order valence-electron chi connectivity index (χ3n) is 4.05. The summed E-state index contributed by atoms with van der Waals surface area (Å²) in [4.78, 5) is 25.6. The molecule has 132 valence electrons. The number of amides is 2. The molecular formula is C20H17BrN2O2S. The van der Waals surface area contributed by atoms with Crippen LogP contribution in [-0.2, 0) is 6.42 Å². The van der Waals surface area contributed by atoms with Crippen molar-refractivity contribution >= 4 is 44.1 Å². The molecule has 0 aliphatic carbocycles. The number of carbonyl (C=O) groups excluding carboxylic acids is 2. The molecule has 0 aliphatic rings. The summed E-state index contributed by atoms with van der Waals surface area (Å²) in [5.41, 5.74) is 8.40. The minimum atomic E-state index is -0.541. The van der Waals surface area contributed by atoms with Crippen LogP contribution in [0.1, 0.15) is 36.7 Å². The maximum absolute atomic E-state index is 12.6. The van der Waals surface area contributed by atoms with Gasteiger partial charge in [-0.15, -0.1) is 11.3 Å². The van der Waals surface area contributed by atoms with E-state index in [1.807, 2.05) is 43.3 Å². The molecule has 26 heavy (non-hydrogen) atoms. The molecule has 0 fully saturated rings. The minimum Gasteiger partial charge on any atom is -0.365 e. The smallest absolute Gasteiger partial charge is 0.257 e. The summed E-state index contributed by atoms with van der Waals surface area (Å²) in [5.74, 6) is -0.826. The van der Waals surface area contributed by atoms with Crippen molar-refractivity contribution in [3.8, 4) is 0 Å². The van der Waals surface area contributed by atoms with E-state index in [0.29, 0.717) is 27.0 Å². The van der Waals surface area contributed by atoms with Gasteiger partial charge in [-0.3, -0.25) is 9.59 Å². The number of primary amides is 1. The van der Waals surface area contributed by atoms with E-state index in [0.717, 1.165) is 16.0 Å². The number of hydrogen-bond donors (Lipinski definition) is 2. The van der Waals surface area contributed by atoms with Gasteiger partial charge in [0.25, 0.3) is 11.8 Å². The van der Waals surface area contributed by atoms with Gasteiger partial charge in [-0.2, -0.15) is 0 Å². The van der Waals surface area contributed by atoms with E-state index in [-0.39, 0.29) is 5.91 Å². The molecule has 0 saturated heterocycles. The summed E-state index contributed by atoms with van der Waals surface area (Å²) in [6, 6.07) is 17.1. The average Bonchev–Trinajstić information content (AvgIpc) is 2.91. The SMILES string of the molecule is Cc1c(Cc2ccccc2)sc(NC(=O)c2ccccc2Br)c1C(N)=O. The molecule has 0 saturated carbocycles. The molecule has 2 aromatic carbocycles. The normalized spacial score (nSPS) is 10.5. The van der Waals surface area contributed by atoms with E-state index in [2.05, 4.69) is 21.2 Å². The van der Waals surface area contributed by atoms with Crippen LogP contribution in [0.25, 0.3) is 0 Å². The fourth-order valence-electron chi connectivity index (χ4n) is 2.71. The number of anilines is 1. The lowest BCUT2D eigenvalue weighted by Crippen LogP contribution is -2.17. The predicted molar refractivity (Wildman–Crippen MR) is 109 cm³/mol. The van der Waals surface area contributed by atoms with E-state index >= 15 is 0 Å². The highest BCUT2D eigenvalue weighted by Crippen LogP contribution is 2.35. The average molecular weight is 429 g/mol. The lowest BCUT2D eigenvalue weighted by Gasteiger charge is -2.06. The van der Waals surface area contributed by atoms with E-state index in [1.54, 1.807) is 18.2 Å². The number of hydrogen-bond acceptors (Lipinski definition) is 3. The van der Waals surface area contributed by atoms with Gasteiger partial charge in [0.15, 0.2) is 0 Å². The maximum Gasteiger partial charge on any atom is 0.257 e. The molecule has 1 aromatic heterocycles. The number of nitrogens with two attached hydrogens (primary N) is 1. The first kappa shape index (κ1) is 18.4. The van der Waals surface area contributed by atoms with Crippen molar-refractivity contribution in [3.63, 3.8) is 0 Å². The summed E-state index contributed by atoms with van der Waals surface area (Å²) < 4.78 is 0.691. The van der Waals surface area contributed by atoms with Crippen molar-refractivity contribution in [1.82, 2.24) is 0 Å². The van der Waals surface area contributed by atoms with Gasteiger partial charge in [0, 0.05) is 15.8 Å². The second-order valence-electron chi connectivity index (χ2n) is 5.81. The molecule has 3 rings (SSSR count). The van der Waals surface area contributed by atoms with Gasteiger partial charge < -0.3 is 11.1 Å². The van der Waals surface area contributed by atoms with Crippen LogP contribution in [0, 0.1) is 6.92 Å². The Morgan fingerprint density at radius 1 is 1.08 bits per heavy atom. The molecule has 2 amide bonds. The Balaban J connectivity index is 1.94. The highest BCUT2D eigenvalue weighted by molar-refractivity contribution is 9.10. The Morgan fingerprint density at radius 3 is 2.38 bits per heavy atom. The molecular weight excluding hydrogens is 412 g/mol. The zero-order chi connectivity index (χ0) is 18.7. The summed E-state index contributed by atoms with van der Waals surface area (Å²) >= 11 is 4.76. The van der Waals surface area contributed by atoms with Crippen LogP contribution >= 0.6 is 27.3 Å². The van der Waals surface area contributed by atoms with Crippen LogP contribution in [0.3, 0.4) is 0 Å². The zero-order valence-corrected chi connectivity index (χ0v) is 16.5.